The Labute approximate surface area is 147 Å². The second-order valence-corrected chi connectivity index (χ2v) is 5.92. The number of amides is 1. The highest BCUT2D eigenvalue weighted by atomic mass is 35.5. The summed E-state index contributed by atoms with van der Waals surface area (Å²) in [5.74, 6) is 0.762. The predicted octanol–water partition coefficient (Wildman–Crippen LogP) is 3.59. The number of ether oxygens (including phenoxy) is 2. The van der Waals surface area contributed by atoms with Crippen molar-refractivity contribution in [1.82, 2.24) is 0 Å². The number of nitrogens with one attached hydrogen (secondary N) is 2. The van der Waals surface area contributed by atoms with Crippen molar-refractivity contribution in [2.75, 3.05) is 18.5 Å². The highest BCUT2D eigenvalue weighted by Crippen LogP contribution is 2.32. The molecule has 0 aliphatic carbocycles. The molecule has 3 aromatic rings. The van der Waals surface area contributed by atoms with Crippen molar-refractivity contribution < 1.29 is 18.7 Å². The summed E-state index contributed by atoms with van der Waals surface area (Å²) in [6, 6.07) is 11.7. The Hall–Kier alpha value is -2.99. The van der Waals surface area contributed by atoms with Crippen LogP contribution in [0, 0.1) is 5.41 Å². The van der Waals surface area contributed by atoms with Crippen molar-refractivity contribution in [3.8, 4) is 11.5 Å². The first-order valence-corrected chi connectivity index (χ1v) is 7.97. The Morgan fingerprint density at radius 2 is 1.84 bits per heavy atom. The van der Waals surface area contributed by atoms with Crippen LogP contribution >= 0.6 is 11.6 Å². The molecule has 1 aromatic heterocycles. The van der Waals surface area contributed by atoms with Gasteiger partial charge in [-0.1, -0.05) is 11.6 Å². The molecule has 1 aliphatic rings. The lowest BCUT2D eigenvalue weighted by molar-refractivity contribution is 0.102. The van der Waals surface area contributed by atoms with E-state index < -0.39 is 5.91 Å². The molecule has 25 heavy (non-hydrogen) atoms. The molecule has 6 nitrogen and oxygen atoms in total. The van der Waals surface area contributed by atoms with Crippen molar-refractivity contribution in [2.24, 2.45) is 0 Å². The Morgan fingerprint density at radius 1 is 1.04 bits per heavy atom. The van der Waals surface area contributed by atoms with Crippen LogP contribution in [0.15, 0.2) is 46.9 Å². The van der Waals surface area contributed by atoms with E-state index >= 15 is 0 Å². The second-order valence-electron chi connectivity index (χ2n) is 5.48. The topological polar surface area (TPSA) is 84.6 Å². The average molecular weight is 357 g/mol. The van der Waals surface area contributed by atoms with Crippen LogP contribution in [0.5, 0.6) is 11.5 Å². The molecule has 0 atom stereocenters. The van der Waals surface area contributed by atoms with Gasteiger partial charge in [0.05, 0.1) is 0 Å². The minimum Gasteiger partial charge on any atom is -0.486 e. The molecule has 0 saturated carbocycles. The van der Waals surface area contributed by atoms with Gasteiger partial charge >= 0.3 is 0 Å². The van der Waals surface area contributed by atoms with Gasteiger partial charge < -0.3 is 19.2 Å². The number of benzene rings is 2. The molecule has 0 bridgehead atoms. The van der Waals surface area contributed by atoms with Gasteiger partial charge in [-0.25, -0.2) is 0 Å². The fraction of sp³-hybridized carbons (Fsp3) is 0.111. The molecule has 7 heteroatoms. The third-order valence-electron chi connectivity index (χ3n) is 3.77. The molecular weight excluding hydrogens is 344 g/mol. The molecule has 1 amide bonds. The van der Waals surface area contributed by atoms with Crippen molar-refractivity contribution in [3.63, 3.8) is 0 Å². The zero-order valence-corrected chi connectivity index (χ0v) is 13.7. The number of fused-ring (bicyclic) bond motifs is 2. The Kier molecular flexibility index (Phi) is 3.82. The predicted molar refractivity (Wildman–Crippen MR) is 92.5 cm³/mol. The van der Waals surface area contributed by atoms with E-state index in [1.54, 1.807) is 42.5 Å². The van der Waals surface area contributed by atoms with E-state index in [-0.39, 0.29) is 11.1 Å². The maximum absolute atomic E-state index is 12.5. The van der Waals surface area contributed by atoms with Crippen molar-refractivity contribution in [1.29, 1.82) is 5.41 Å². The number of carbonyl (C=O) groups is 1. The van der Waals surface area contributed by atoms with Crippen LogP contribution in [-0.2, 0) is 0 Å². The molecule has 126 valence electrons. The average Bonchev–Trinajstić information content (AvgIpc) is 2.61. The minimum atomic E-state index is -0.452. The minimum absolute atomic E-state index is 0.115. The number of hydrogen-bond donors (Lipinski definition) is 2. The van der Waals surface area contributed by atoms with Crippen molar-refractivity contribution in [3.05, 3.63) is 58.6 Å². The maximum Gasteiger partial charge on any atom is 0.261 e. The third kappa shape index (κ3) is 3.04. The summed E-state index contributed by atoms with van der Waals surface area (Å²) in [5.41, 5.74) is 0.930. The summed E-state index contributed by atoms with van der Waals surface area (Å²) in [7, 11) is 0. The lowest BCUT2D eigenvalue weighted by Crippen LogP contribution is -2.21. The Bertz CT molecular complexity index is 1040. The van der Waals surface area contributed by atoms with Crippen LogP contribution in [0.3, 0.4) is 0 Å². The molecule has 2 N–H and O–H groups in total. The van der Waals surface area contributed by atoms with E-state index in [2.05, 4.69) is 5.32 Å². The lowest BCUT2D eigenvalue weighted by Gasteiger charge is -2.19. The van der Waals surface area contributed by atoms with Crippen LogP contribution < -0.4 is 20.3 Å². The summed E-state index contributed by atoms with van der Waals surface area (Å²) >= 11 is 5.97. The highest BCUT2D eigenvalue weighted by Gasteiger charge is 2.15. The highest BCUT2D eigenvalue weighted by molar-refractivity contribution is 6.31. The first-order valence-electron chi connectivity index (χ1n) is 7.59. The fourth-order valence-corrected chi connectivity index (χ4v) is 2.78. The molecule has 2 heterocycles. The Balaban J connectivity index is 1.66. The summed E-state index contributed by atoms with van der Waals surface area (Å²) in [6.45, 7) is 0.966. The smallest absolute Gasteiger partial charge is 0.261 e. The molecule has 0 saturated heterocycles. The first kappa shape index (κ1) is 15.5. The van der Waals surface area contributed by atoms with E-state index in [0.29, 0.717) is 46.4 Å². The van der Waals surface area contributed by atoms with E-state index in [4.69, 9.17) is 30.9 Å². The number of hydrogen-bond acceptors (Lipinski definition) is 5. The van der Waals surface area contributed by atoms with Gasteiger partial charge in [-0.3, -0.25) is 10.2 Å². The number of rotatable bonds is 2. The fourth-order valence-electron chi connectivity index (χ4n) is 2.60. The van der Waals surface area contributed by atoms with Crippen LogP contribution in [-0.4, -0.2) is 19.1 Å². The van der Waals surface area contributed by atoms with E-state index in [0.717, 1.165) is 0 Å². The zero-order chi connectivity index (χ0) is 17.4. The summed E-state index contributed by atoms with van der Waals surface area (Å²) in [5, 5.41) is 11.9. The van der Waals surface area contributed by atoms with Gasteiger partial charge in [0.2, 0.25) is 5.55 Å². The first-order chi connectivity index (χ1) is 12.1. The molecule has 1 aliphatic heterocycles. The number of anilines is 1. The third-order valence-corrected chi connectivity index (χ3v) is 4.01. The van der Waals surface area contributed by atoms with Gasteiger partial charge in [-0.05, 0) is 36.4 Å². The van der Waals surface area contributed by atoms with Crippen LogP contribution in [0.1, 0.15) is 10.4 Å². The van der Waals surface area contributed by atoms with Crippen LogP contribution in [0.2, 0.25) is 5.02 Å². The standard InChI is InChI=1S/C18H13ClN2O4/c19-11-1-3-14-10(7-11)8-13(17(20)25-14)18(22)21-12-2-4-15-16(9-12)24-6-5-23-15/h1-4,7-9,20H,5-6H2,(H,21,22). The van der Waals surface area contributed by atoms with Gasteiger partial charge in [0.15, 0.2) is 11.5 Å². The molecule has 4 rings (SSSR count). The van der Waals surface area contributed by atoms with Gasteiger partial charge in [0.25, 0.3) is 5.91 Å². The molecule has 0 fully saturated rings. The van der Waals surface area contributed by atoms with Crippen LogP contribution in [0.25, 0.3) is 11.0 Å². The quantitative estimate of drug-likeness (QED) is 0.734. The summed E-state index contributed by atoms with van der Waals surface area (Å²) in [6.07, 6.45) is 0. The van der Waals surface area contributed by atoms with E-state index in [1.807, 2.05) is 0 Å². The second kappa shape index (κ2) is 6.14. The maximum atomic E-state index is 12.5. The lowest BCUT2D eigenvalue weighted by atomic mass is 10.1. The summed E-state index contributed by atoms with van der Waals surface area (Å²) < 4.78 is 16.4. The molecule has 0 spiro atoms. The zero-order valence-electron chi connectivity index (χ0n) is 13.0. The van der Waals surface area contributed by atoms with Crippen LogP contribution in [0.4, 0.5) is 5.69 Å². The van der Waals surface area contributed by atoms with E-state index in [9.17, 15) is 4.79 Å². The van der Waals surface area contributed by atoms with Crippen molar-refractivity contribution in [2.45, 2.75) is 0 Å². The molecule has 0 radical (unpaired) electrons. The van der Waals surface area contributed by atoms with E-state index in [1.165, 1.54) is 0 Å². The number of carbonyl (C=O) groups excluding carboxylic acids is 1. The molecular formula is C18H13ClN2O4. The number of halogens is 1. The van der Waals surface area contributed by atoms with Gasteiger partial charge in [0.1, 0.15) is 24.4 Å². The summed E-state index contributed by atoms with van der Waals surface area (Å²) in [4.78, 5) is 12.5. The molecule has 2 aromatic carbocycles. The SMILES string of the molecule is N=c1oc2ccc(Cl)cc2cc1C(=O)Nc1ccc2c(c1)OCCO2. The van der Waals surface area contributed by atoms with Gasteiger partial charge in [-0.2, -0.15) is 0 Å². The Morgan fingerprint density at radius 3 is 2.68 bits per heavy atom. The molecule has 0 unspecified atom stereocenters. The van der Waals surface area contributed by atoms with Gasteiger partial charge in [0, 0.05) is 22.2 Å². The van der Waals surface area contributed by atoms with Gasteiger partial charge in [-0.15, -0.1) is 0 Å². The monoisotopic (exact) mass is 356 g/mol. The largest absolute Gasteiger partial charge is 0.486 e. The normalized spacial score (nSPS) is 12.8. The van der Waals surface area contributed by atoms with Crippen molar-refractivity contribution >= 4 is 34.2 Å².